The van der Waals surface area contributed by atoms with Crippen LogP contribution in [0.15, 0.2) is 42.5 Å². The highest BCUT2D eigenvalue weighted by Gasteiger charge is 2.19. The molecule has 20 heavy (non-hydrogen) atoms. The van der Waals surface area contributed by atoms with E-state index in [-0.39, 0.29) is 28.7 Å². The van der Waals surface area contributed by atoms with E-state index in [0.717, 1.165) is 5.56 Å². The maximum atomic E-state index is 12.2. The Morgan fingerprint density at radius 1 is 1.10 bits per heavy atom. The normalized spacial score (nSPS) is 12.2. The monoisotopic (exact) mass is 289 g/mol. The zero-order valence-corrected chi connectivity index (χ0v) is 12.1. The van der Waals surface area contributed by atoms with Crippen molar-refractivity contribution in [2.24, 2.45) is 5.92 Å². The van der Waals surface area contributed by atoms with Crippen LogP contribution >= 0.6 is 11.6 Å². The van der Waals surface area contributed by atoms with Crippen LogP contribution in [0.1, 0.15) is 35.9 Å². The van der Waals surface area contributed by atoms with Crippen LogP contribution < -0.4 is 5.32 Å². The maximum Gasteiger partial charge on any atom is 0.272 e. The molecule has 5 heteroatoms. The van der Waals surface area contributed by atoms with E-state index in [1.54, 1.807) is 12.1 Å². The van der Waals surface area contributed by atoms with Crippen molar-refractivity contribution in [2.75, 3.05) is 0 Å². The number of carbonyl (C=O) groups excluding carboxylic acids is 1. The lowest BCUT2D eigenvalue weighted by Crippen LogP contribution is -2.32. The highest BCUT2D eigenvalue weighted by Crippen LogP contribution is 2.21. The Balaban J connectivity index is 2.17. The first-order valence-electron chi connectivity index (χ1n) is 6.43. The Bertz CT molecular complexity index is 569. The van der Waals surface area contributed by atoms with Gasteiger partial charge in [0.05, 0.1) is 6.04 Å². The average Bonchev–Trinajstić information content (AvgIpc) is 2.46. The molecule has 104 valence electrons. The number of nitrogens with zero attached hydrogens (tertiary/aromatic N) is 2. The van der Waals surface area contributed by atoms with E-state index < -0.39 is 0 Å². The predicted molar refractivity (Wildman–Crippen MR) is 78.5 cm³/mol. The van der Waals surface area contributed by atoms with Crippen molar-refractivity contribution in [3.8, 4) is 0 Å². The third kappa shape index (κ3) is 3.54. The van der Waals surface area contributed by atoms with Crippen LogP contribution in [0, 0.1) is 5.92 Å². The first kappa shape index (κ1) is 14.5. The topological polar surface area (TPSA) is 54.9 Å². The molecule has 0 aliphatic heterocycles. The molecular formula is C15H16ClN3O. The molecule has 0 radical (unpaired) electrons. The van der Waals surface area contributed by atoms with Gasteiger partial charge in [-0.25, -0.2) is 0 Å². The van der Waals surface area contributed by atoms with Crippen LogP contribution in [0.3, 0.4) is 0 Å². The summed E-state index contributed by atoms with van der Waals surface area (Å²) in [5, 5.41) is 10.7. The molecule has 1 amide bonds. The number of hydrogen-bond donors (Lipinski definition) is 1. The number of nitrogens with one attached hydrogen (secondary N) is 1. The second-order valence-corrected chi connectivity index (χ2v) is 5.23. The number of amides is 1. The molecule has 1 heterocycles. The van der Waals surface area contributed by atoms with E-state index in [9.17, 15) is 4.79 Å². The van der Waals surface area contributed by atoms with Crippen molar-refractivity contribution in [2.45, 2.75) is 19.9 Å². The second-order valence-electron chi connectivity index (χ2n) is 4.85. The minimum absolute atomic E-state index is 0.0684. The zero-order valence-electron chi connectivity index (χ0n) is 11.4. The maximum absolute atomic E-state index is 12.2. The molecular weight excluding hydrogens is 274 g/mol. The van der Waals surface area contributed by atoms with Gasteiger partial charge < -0.3 is 5.32 Å². The van der Waals surface area contributed by atoms with Crippen molar-refractivity contribution in [1.29, 1.82) is 0 Å². The van der Waals surface area contributed by atoms with Gasteiger partial charge in [0.1, 0.15) is 0 Å². The third-order valence-corrected chi connectivity index (χ3v) is 3.18. The fourth-order valence-corrected chi connectivity index (χ4v) is 2.05. The number of benzene rings is 1. The average molecular weight is 290 g/mol. The number of aromatic nitrogens is 2. The molecule has 2 rings (SSSR count). The molecule has 0 fully saturated rings. The SMILES string of the molecule is CC(C)C(NC(=O)c1ccc(Cl)nn1)c1ccccc1. The molecule has 0 spiro atoms. The number of rotatable bonds is 4. The smallest absolute Gasteiger partial charge is 0.272 e. The molecule has 0 bridgehead atoms. The summed E-state index contributed by atoms with van der Waals surface area (Å²) in [5.41, 5.74) is 1.33. The van der Waals surface area contributed by atoms with E-state index in [1.807, 2.05) is 30.3 Å². The van der Waals surface area contributed by atoms with Gasteiger partial charge in [0.15, 0.2) is 10.8 Å². The van der Waals surface area contributed by atoms with Gasteiger partial charge in [0.2, 0.25) is 0 Å². The quantitative estimate of drug-likeness (QED) is 0.940. The second kappa shape index (κ2) is 6.48. The lowest BCUT2D eigenvalue weighted by Gasteiger charge is -2.22. The van der Waals surface area contributed by atoms with Gasteiger partial charge in [0.25, 0.3) is 5.91 Å². The summed E-state index contributed by atoms with van der Waals surface area (Å²) < 4.78 is 0. The molecule has 1 aromatic heterocycles. The lowest BCUT2D eigenvalue weighted by atomic mass is 9.96. The van der Waals surface area contributed by atoms with Gasteiger partial charge in [-0.15, -0.1) is 10.2 Å². The fourth-order valence-electron chi connectivity index (χ4n) is 1.95. The Morgan fingerprint density at radius 2 is 1.80 bits per heavy atom. The minimum atomic E-state index is -0.253. The standard InChI is InChI=1S/C15H16ClN3O/c1-10(2)14(11-6-4-3-5-7-11)17-15(20)12-8-9-13(16)19-18-12/h3-10,14H,1-2H3,(H,17,20). The van der Waals surface area contributed by atoms with Gasteiger partial charge in [-0.05, 0) is 23.6 Å². The molecule has 0 aliphatic rings. The van der Waals surface area contributed by atoms with Crippen LogP contribution in [-0.4, -0.2) is 16.1 Å². The minimum Gasteiger partial charge on any atom is -0.344 e. The third-order valence-electron chi connectivity index (χ3n) is 2.98. The van der Waals surface area contributed by atoms with Gasteiger partial charge in [-0.1, -0.05) is 55.8 Å². The van der Waals surface area contributed by atoms with Crippen molar-refractivity contribution in [3.05, 3.63) is 58.9 Å². The summed E-state index contributed by atoms with van der Waals surface area (Å²) >= 11 is 5.66. The molecule has 4 nitrogen and oxygen atoms in total. The predicted octanol–water partition coefficient (Wildman–Crippen LogP) is 3.26. The van der Waals surface area contributed by atoms with Crippen molar-refractivity contribution < 1.29 is 4.79 Å². The zero-order chi connectivity index (χ0) is 14.5. The molecule has 1 N–H and O–H groups in total. The molecule has 1 aromatic carbocycles. The Hall–Kier alpha value is -1.94. The largest absolute Gasteiger partial charge is 0.344 e. The summed E-state index contributed by atoms with van der Waals surface area (Å²) in [6.45, 7) is 4.12. The Kier molecular flexibility index (Phi) is 4.69. The van der Waals surface area contributed by atoms with Crippen LogP contribution in [0.25, 0.3) is 0 Å². The van der Waals surface area contributed by atoms with Crippen LogP contribution in [0.5, 0.6) is 0 Å². The van der Waals surface area contributed by atoms with E-state index in [1.165, 1.54) is 0 Å². The van der Waals surface area contributed by atoms with E-state index in [0.29, 0.717) is 0 Å². The highest BCUT2D eigenvalue weighted by atomic mass is 35.5. The highest BCUT2D eigenvalue weighted by molar-refractivity contribution is 6.29. The number of hydrogen-bond acceptors (Lipinski definition) is 3. The summed E-state index contributed by atoms with van der Waals surface area (Å²) in [6.07, 6.45) is 0. The van der Waals surface area contributed by atoms with Crippen molar-refractivity contribution in [1.82, 2.24) is 15.5 Å². The fraction of sp³-hybridized carbons (Fsp3) is 0.267. The van der Waals surface area contributed by atoms with Crippen LogP contribution in [-0.2, 0) is 0 Å². The van der Waals surface area contributed by atoms with Crippen LogP contribution in [0.4, 0.5) is 0 Å². The summed E-state index contributed by atoms with van der Waals surface area (Å²) in [5.74, 6) is 0.0123. The van der Waals surface area contributed by atoms with Crippen molar-refractivity contribution >= 4 is 17.5 Å². The molecule has 2 aromatic rings. The van der Waals surface area contributed by atoms with Gasteiger partial charge in [0, 0.05) is 0 Å². The lowest BCUT2D eigenvalue weighted by molar-refractivity contribution is 0.0919. The van der Waals surface area contributed by atoms with Crippen LogP contribution in [0.2, 0.25) is 5.15 Å². The number of halogens is 1. The van der Waals surface area contributed by atoms with E-state index in [2.05, 4.69) is 29.4 Å². The molecule has 0 saturated carbocycles. The number of carbonyl (C=O) groups is 1. The molecule has 0 saturated heterocycles. The summed E-state index contributed by atoms with van der Waals surface area (Å²) in [4.78, 5) is 12.2. The van der Waals surface area contributed by atoms with Gasteiger partial charge in [-0.2, -0.15) is 0 Å². The Labute approximate surface area is 123 Å². The first-order chi connectivity index (χ1) is 9.58. The van der Waals surface area contributed by atoms with E-state index in [4.69, 9.17) is 11.6 Å². The first-order valence-corrected chi connectivity index (χ1v) is 6.81. The van der Waals surface area contributed by atoms with E-state index >= 15 is 0 Å². The van der Waals surface area contributed by atoms with Crippen molar-refractivity contribution in [3.63, 3.8) is 0 Å². The molecule has 1 atom stereocenters. The summed E-state index contributed by atoms with van der Waals surface area (Å²) in [6, 6.07) is 12.9. The van der Waals surface area contributed by atoms with Gasteiger partial charge >= 0.3 is 0 Å². The summed E-state index contributed by atoms with van der Waals surface area (Å²) in [7, 11) is 0. The molecule has 1 unspecified atom stereocenters. The Morgan fingerprint density at radius 3 is 2.35 bits per heavy atom. The molecule has 0 aliphatic carbocycles. The van der Waals surface area contributed by atoms with Gasteiger partial charge in [-0.3, -0.25) is 4.79 Å².